The van der Waals surface area contributed by atoms with Crippen LogP contribution in [0, 0.1) is 18.2 Å². The van der Waals surface area contributed by atoms with Gasteiger partial charge in [0, 0.05) is 42.8 Å². The number of β-amino-alcohol motifs (C(OH)–C–C–N with tert-alkyl or cyclic N) is 1. The number of pyridine rings is 1. The van der Waals surface area contributed by atoms with Crippen molar-refractivity contribution < 1.29 is 14.3 Å². The van der Waals surface area contributed by atoms with Gasteiger partial charge < -0.3 is 29.4 Å². The summed E-state index contributed by atoms with van der Waals surface area (Å²) >= 11 is 0. The highest BCUT2D eigenvalue weighted by Crippen LogP contribution is 2.32. The zero-order valence-corrected chi connectivity index (χ0v) is 21.8. The van der Waals surface area contributed by atoms with E-state index >= 15 is 0 Å². The summed E-state index contributed by atoms with van der Waals surface area (Å²) in [6.45, 7) is 4.56. The first-order valence-corrected chi connectivity index (χ1v) is 13.0. The topological polar surface area (TPSA) is 115 Å². The van der Waals surface area contributed by atoms with Gasteiger partial charge in [-0.05, 0) is 61.4 Å². The van der Waals surface area contributed by atoms with Gasteiger partial charge in [0.2, 0.25) is 11.5 Å². The number of carbonyl (C=O) groups excluding carboxylic acids is 1. The second kappa shape index (κ2) is 9.70. The Morgan fingerprint density at radius 3 is 2.85 bits per heavy atom. The van der Waals surface area contributed by atoms with Crippen molar-refractivity contribution in [3.05, 3.63) is 83.5 Å². The Kier molecular flexibility index (Phi) is 6.19. The highest BCUT2D eigenvalue weighted by molar-refractivity contribution is 5.92. The molecule has 1 saturated heterocycles. The zero-order valence-electron chi connectivity index (χ0n) is 21.8. The SMILES string of the molecule is CC(=O)Nc1ccc(C)nc1N1CC[C@H](n2c(=N)n(Cc3cccc4[nH]ccc34)c3ccc(F)cc32)[C@@H](O)C1. The third-order valence-corrected chi connectivity index (χ3v) is 7.49. The smallest absolute Gasteiger partial charge is 0.221 e. The van der Waals surface area contributed by atoms with Gasteiger partial charge in [0.1, 0.15) is 5.82 Å². The minimum Gasteiger partial charge on any atom is -0.389 e. The van der Waals surface area contributed by atoms with Crippen molar-refractivity contribution in [1.82, 2.24) is 19.1 Å². The second-order valence-electron chi connectivity index (χ2n) is 10.1. The van der Waals surface area contributed by atoms with Crippen LogP contribution in [0.15, 0.2) is 60.8 Å². The molecule has 0 aliphatic carbocycles. The standard InChI is InChI=1S/C29H30FN7O2/c1-17-6-8-23(34-18(2)38)28(33-17)35-13-11-25(27(39)16-35)37-26-14-20(30)7-9-24(26)36(29(37)31)15-19-4-3-5-22-21(19)10-12-32-22/h3-10,12,14,25,27,31-32,39H,11,13,15-16H2,1-2H3,(H,34,38)/t25-,27-/m0/s1. The molecule has 200 valence electrons. The van der Waals surface area contributed by atoms with E-state index in [0.29, 0.717) is 36.5 Å². The lowest BCUT2D eigenvalue weighted by Gasteiger charge is -2.38. The zero-order chi connectivity index (χ0) is 27.3. The number of carbonyl (C=O) groups is 1. The van der Waals surface area contributed by atoms with E-state index in [1.54, 1.807) is 10.6 Å². The van der Waals surface area contributed by atoms with E-state index in [1.165, 1.54) is 19.1 Å². The number of anilines is 2. The Labute approximate surface area is 224 Å². The Bertz CT molecular complexity index is 1770. The van der Waals surface area contributed by atoms with E-state index in [9.17, 15) is 14.3 Å². The fourth-order valence-electron chi connectivity index (χ4n) is 5.71. The molecule has 2 aromatic carbocycles. The van der Waals surface area contributed by atoms with Gasteiger partial charge in [0.25, 0.3) is 0 Å². The van der Waals surface area contributed by atoms with E-state index in [1.807, 2.05) is 59.0 Å². The highest BCUT2D eigenvalue weighted by atomic mass is 19.1. The van der Waals surface area contributed by atoms with E-state index in [4.69, 9.17) is 5.41 Å². The molecule has 0 unspecified atom stereocenters. The number of nitrogens with one attached hydrogen (secondary N) is 3. The van der Waals surface area contributed by atoms with Gasteiger partial charge >= 0.3 is 0 Å². The summed E-state index contributed by atoms with van der Waals surface area (Å²) in [5.41, 5.74) is 4.96. The Morgan fingerprint density at radius 1 is 1.21 bits per heavy atom. The van der Waals surface area contributed by atoms with Crippen LogP contribution in [0.4, 0.5) is 15.9 Å². The molecule has 6 rings (SSSR count). The lowest BCUT2D eigenvalue weighted by atomic mass is 10.0. The van der Waals surface area contributed by atoms with E-state index in [2.05, 4.69) is 15.3 Å². The molecule has 0 radical (unpaired) electrons. The Hall–Kier alpha value is -4.44. The number of H-pyrrole nitrogens is 1. The van der Waals surface area contributed by atoms with Crippen LogP contribution in [0.5, 0.6) is 0 Å². The molecule has 0 bridgehead atoms. The monoisotopic (exact) mass is 527 g/mol. The van der Waals surface area contributed by atoms with Crippen molar-refractivity contribution in [1.29, 1.82) is 5.41 Å². The largest absolute Gasteiger partial charge is 0.389 e. The van der Waals surface area contributed by atoms with Crippen molar-refractivity contribution >= 4 is 39.3 Å². The molecular formula is C29H30FN7O2. The number of aromatic nitrogens is 4. The molecule has 1 fully saturated rings. The number of hydrogen-bond donors (Lipinski definition) is 4. The van der Waals surface area contributed by atoms with Crippen LogP contribution in [0.2, 0.25) is 0 Å². The number of aliphatic hydroxyl groups excluding tert-OH is 1. The third kappa shape index (κ3) is 4.46. The fraction of sp³-hybridized carbons (Fsp3) is 0.276. The predicted octanol–water partition coefficient (Wildman–Crippen LogP) is 4.07. The van der Waals surface area contributed by atoms with Gasteiger partial charge in [-0.25, -0.2) is 9.37 Å². The van der Waals surface area contributed by atoms with Crippen LogP contribution < -0.4 is 15.8 Å². The van der Waals surface area contributed by atoms with Gasteiger partial charge in [-0.1, -0.05) is 12.1 Å². The number of fused-ring (bicyclic) bond motifs is 2. The minimum absolute atomic E-state index is 0.197. The van der Waals surface area contributed by atoms with Crippen LogP contribution >= 0.6 is 0 Å². The lowest BCUT2D eigenvalue weighted by molar-refractivity contribution is -0.114. The van der Waals surface area contributed by atoms with Crippen LogP contribution in [0.3, 0.4) is 0 Å². The van der Waals surface area contributed by atoms with E-state index in [0.717, 1.165) is 27.7 Å². The maximum absolute atomic E-state index is 14.5. The lowest BCUT2D eigenvalue weighted by Crippen LogP contribution is -2.47. The maximum Gasteiger partial charge on any atom is 0.221 e. The molecule has 1 aliphatic heterocycles. The average Bonchev–Trinajstić information content (AvgIpc) is 3.48. The van der Waals surface area contributed by atoms with E-state index in [-0.39, 0.29) is 18.1 Å². The number of halogens is 1. The molecule has 3 aromatic heterocycles. The Morgan fingerprint density at radius 2 is 2.05 bits per heavy atom. The first-order chi connectivity index (χ1) is 18.8. The molecule has 10 heteroatoms. The van der Waals surface area contributed by atoms with Crippen molar-refractivity contribution in [2.24, 2.45) is 0 Å². The number of aryl methyl sites for hydroxylation is 1. The molecule has 4 heterocycles. The maximum atomic E-state index is 14.5. The van der Waals surface area contributed by atoms with Crippen LogP contribution in [0.1, 0.15) is 30.6 Å². The molecule has 9 nitrogen and oxygen atoms in total. The van der Waals surface area contributed by atoms with Crippen LogP contribution in [-0.2, 0) is 11.3 Å². The molecule has 1 aliphatic rings. The number of amides is 1. The summed E-state index contributed by atoms with van der Waals surface area (Å²) in [6.07, 6.45) is 1.55. The molecule has 5 aromatic rings. The number of aromatic amines is 1. The molecule has 0 spiro atoms. The Balaban J connectivity index is 1.37. The number of piperidine rings is 1. The number of benzene rings is 2. The number of imidazole rings is 1. The quantitative estimate of drug-likeness (QED) is 0.276. The summed E-state index contributed by atoms with van der Waals surface area (Å²) in [5, 5.41) is 24.4. The van der Waals surface area contributed by atoms with Gasteiger partial charge in [-0.3, -0.25) is 10.2 Å². The van der Waals surface area contributed by atoms with Crippen molar-refractivity contribution in [3.63, 3.8) is 0 Å². The number of rotatable bonds is 5. The number of nitrogens with zero attached hydrogens (tertiary/aromatic N) is 4. The van der Waals surface area contributed by atoms with Crippen LogP contribution in [0.25, 0.3) is 21.9 Å². The normalized spacial score (nSPS) is 17.7. The van der Waals surface area contributed by atoms with Crippen LogP contribution in [-0.4, -0.2) is 49.3 Å². The second-order valence-corrected chi connectivity index (χ2v) is 10.1. The first kappa shape index (κ1) is 24.9. The summed E-state index contributed by atoms with van der Waals surface area (Å²) in [4.78, 5) is 21.6. The van der Waals surface area contributed by atoms with E-state index < -0.39 is 18.0 Å². The first-order valence-electron chi connectivity index (χ1n) is 13.0. The molecule has 2 atom stereocenters. The highest BCUT2D eigenvalue weighted by Gasteiger charge is 2.33. The number of aliphatic hydroxyl groups is 1. The van der Waals surface area contributed by atoms with Crippen molar-refractivity contribution in [3.8, 4) is 0 Å². The summed E-state index contributed by atoms with van der Waals surface area (Å²) in [5.74, 6) is 0.0146. The minimum atomic E-state index is -0.851. The summed E-state index contributed by atoms with van der Waals surface area (Å²) in [7, 11) is 0. The van der Waals surface area contributed by atoms with Crippen molar-refractivity contribution in [2.75, 3.05) is 23.3 Å². The number of hydrogen-bond acceptors (Lipinski definition) is 5. The van der Waals surface area contributed by atoms with Crippen molar-refractivity contribution in [2.45, 2.75) is 39.0 Å². The molecular weight excluding hydrogens is 497 g/mol. The molecule has 39 heavy (non-hydrogen) atoms. The van der Waals surface area contributed by atoms with Gasteiger partial charge in [-0.2, -0.15) is 0 Å². The molecule has 1 amide bonds. The third-order valence-electron chi connectivity index (χ3n) is 7.49. The summed E-state index contributed by atoms with van der Waals surface area (Å²) < 4.78 is 18.1. The summed E-state index contributed by atoms with van der Waals surface area (Å²) in [6, 6.07) is 15.8. The van der Waals surface area contributed by atoms with Gasteiger partial charge in [0.05, 0.1) is 35.4 Å². The fourth-order valence-corrected chi connectivity index (χ4v) is 5.71. The molecule has 0 saturated carbocycles. The van der Waals surface area contributed by atoms with Gasteiger partial charge in [-0.15, -0.1) is 0 Å². The van der Waals surface area contributed by atoms with Gasteiger partial charge in [0.15, 0.2) is 5.82 Å². The average molecular weight is 528 g/mol. The molecule has 4 N–H and O–H groups in total. The predicted molar refractivity (Wildman–Crippen MR) is 148 cm³/mol.